The van der Waals surface area contributed by atoms with Crippen molar-refractivity contribution in [2.75, 3.05) is 23.4 Å². The number of halogens is 1. The highest BCUT2D eigenvalue weighted by atomic mass is 79.9. The lowest BCUT2D eigenvalue weighted by Crippen LogP contribution is -2.14. The predicted octanol–water partition coefficient (Wildman–Crippen LogP) is 4.49. The first kappa shape index (κ1) is 21.9. The molecule has 0 spiro atoms. The lowest BCUT2D eigenvalue weighted by Gasteiger charge is -2.13. The number of nitrogens with one attached hydrogen (secondary N) is 2. The fraction of sp³-hybridized carbons (Fsp3) is 0.190. The van der Waals surface area contributed by atoms with E-state index >= 15 is 0 Å². The van der Waals surface area contributed by atoms with E-state index in [0.717, 1.165) is 27.8 Å². The van der Waals surface area contributed by atoms with E-state index in [-0.39, 0.29) is 5.91 Å². The van der Waals surface area contributed by atoms with E-state index in [1.165, 1.54) is 7.11 Å². The highest BCUT2D eigenvalue weighted by molar-refractivity contribution is 9.10. The van der Waals surface area contributed by atoms with Crippen LogP contribution in [-0.4, -0.2) is 32.3 Å². The number of carbonyl (C=O) groups is 1. The molecule has 0 saturated carbocycles. The molecule has 0 radical (unpaired) electrons. The van der Waals surface area contributed by atoms with Gasteiger partial charge in [-0.05, 0) is 50.2 Å². The topological polar surface area (TPSA) is 89.4 Å². The standard InChI is InChI=1S/C21H22BrN3O4S/c1-13-10-18(14(2)25(13)17-7-5-6-15(22)11-17)21(26)23-16-8-9-19(20(12-16)29-3)24-30(4,27)28/h5-12,24H,1-4H3,(H,23,26). The van der Waals surface area contributed by atoms with E-state index in [9.17, 15) is 13.2 Å². The molecule has 3 rings (SSSR count). The Kier molecular flexibility index (Phi) is 6.23. The first-order valence-corrected chi connectivity index (χ1v) is 11.7. The van der Waals surface area contributed by atoms with Crippen molar-refractivity contribution < 1.29 is 17.9 Å². The summed E-state index contributed by atoms with van der Waals surface area (Å²) in [6.07, 6.45) is 1.06. The van der Waals surface area contributed by atoms with Crippen LogP contribution in [0.1, 0.15) is 21.7 Å². The molecule has 2 N–H and O–H groups in total. The molecule has 0 atom stereocenters. The number of amides is 1. The third-order valence-electron chi connectivity index (χ3n) is 4.50. The van der Waals surface area contributed by atoms with E-state index in [4.69, 9.17) is 4.74 Å². The number of benzene rings is 2. The second-order valence-corrected chi connectivity index (χ2v) is 9.51. The van der Waals surface area contributed by atoms with Crippen LogP contribution >= 0.6 is 15.9 Å². The van der Waals surface area contributed by atoms with Crippen molar-refractivity contribution in [1.29, 1.82) is 0 Å². The van der Waals surface area contributed by atoms with Gasteiger partial charge in [-0.25, -0.2) is 8.42 Å². The van der Waals surface area contributed by atoms with Gasteiger partial charge in [0.2, 0.25) is 10.0 Å². The summed E-state index contributed by atoms with van der Waals surface area (Å²) in [5, 5.41) is 2.85. The summed E-state index contributed by atoms with van der Waals surface area (Å²) in [6, 6.07) is 14.4. The number of hydrogen-bond acceptors (Lipinski definition) is 4. The minimum absolute atomic E-state index is 0.268. The number of anilines is 2. The van der Waals surface area contributed by atoms with Gasteiger partial charge < -0.3 is 14.6 Å². The van der Waals surface area contributed by atoms with Gasteiger partial charge in [0.15, 0.2) is 0 Å². The van der Waals surface area contributed by atoms with Gasteiger partial charge in [0.05, 0.1) is 24.6 Å². The number of ether oxygens (including phenoxy) is 1. The van der Waals surface area contributed by atoms with E-state index in [1.807, 2.05) is 48.7 Å². The Morgan fingerprint density at radius 3 is 2.47 bits per heavy atom. The molecule has 0 fully saturated rings. The second-order valence-electron chi connectivity index (χ2n) is 6.84. The summed E-state index contributed by atoms with van der Waals surface area (Å²) < 4.78 is 33.6. The summed E-state index contributed by atoms with van der Waals surface area (Å²) in [7, 11) is -2.02. The summed E-state index contributed by atoms with van der Waals surface area (Å²) in [5.41, 5.74) is 4.03. The molecule has 0 aliphatic carbocycles. The lowest BCUT2D eigenvalue weighted by molar-refractivity contribution is 0.102. The minimum Gasteiger partial charge on any atom is -0.494 e. The average molecular weight is 492 g/mol. The molecule has 3 aromatic rings. The largest absolute Gasteiger partial charge is 0.494 e. The van der Waals surface area contributed by atoms with Crippen molar-refractivity contribution >= 4 is 43.2 Å². The zero-order valence-electron chi connectivity index (χ0n) is 17.0. The van der Waals surface area contributed by atoms with Crippen molar-refractivity contribution in [1.82, 2.24) is 4.57 Å². The Morgan fingerprint density at radius 2 is 1.83 bits per heavy atom. The molecule has 0 aliphatic heterocycles. The molecule has 1 aromatic heterocycles. The van der Waals surface area contributed by atoms with Crippen LogP contribution < -0.4 is 14.8 Å². The van der Waals surface area contributed by atoms with E-state index in [0.29, 0.717) is 22.7 Å². The van der Waals surface area contributed by atoms with Crippen molar-refractivity contribution in [3.8, 4) is 11.4 Å². The van der Waals surface area contributed by atoms with Gasteiger partial charge in [-0.2, -0.15) is 0 Å². The fourth-order valence-corrected chi connectivity index (χ4v) is 4.21. The van der Waals surface area contributed by atoms with Gasteiger partial charge in [0, 0.05) is 33.3 Å². The third kappa shape index (κ3) is 4.85. The number of sulfonamides is 1. The zero-order valence-corrected chi connectivity index (χ0v) is 19.4. The van der Waals surface area contributed by atoms with Gasteiger partial charge in [-0.1, -0.05) is 22.0 Å². The molecule has 7 nitrogen and oxygen atoms in total. The van der Waals surface area contributed by atoms with Crippen LogP contribution in [0.3, 0.4) is 0 Å². The lowest BCUT2D eigenvalue weighted by atomic mass is 10.2. The Hall–Kier alpha value is -2.78. The molecule has 0 unspecified atom stereocenters. The quantitative estimate of drug-likeness (QED) is 0.531. The van der Waals surface area contributed by atoms with Crippen LogP contribution in [0.4, 0.5) is 11.4 Å². The number of nitrogens with zero attached hydrogens (tertiary/aromatic N) is 1. The van der Waals surface area contributed by atoms with Gasteiger partial charge in [0.1, 0.15) is 5.75 Å². The molecule has 9 heteroatoms. The van der Waals surface area contributed by atoms with Crippen LogP contribution in [0.5, 0.6) is 5.75 Å². The van der Waals surface area contributed by atoms with E-state index in [1.54, 1.807) is 18.2 Å². The van der Waals surface area contributed by atoms with E-state index < -0.39 is 10.0 Å². The Morgan fingerprint density at radius 1 is 1.10 bits per heavy atom. The average Bonchev–Trinajstić information content (AvgIpc) is 2.96. The Bertz CT molecular complexity index is 1220. The van der Waals surface area contributed by atoms with Crippen molar-refractivity contribution in [3.05, 3.63) is 70.0 Å². The minimum atomic E-state index is -3.45. The first-order chi connectivity index (χ1) is 14.1. The SMILES string of the molecule is COc1cc(NC(=O)c2cc(C)n(-c3cccc(Br)c3)c2C)ccc1NS(C)(=O)=O. The highest BCUT2D eigenvalue weighted by Crippen LogP contribution is 2.29. The van der Waals surface area contributed by atoms with Crippen LogP contribution in [0.25, 0.3) is 5.69 Å². The second kappa shape index (κ2) is 8.53. The van der Waals surface area contributed by atoms with Gasteiger partial charge in [-0.3, -0.25) is 9.52 Å². The maximum absolute atomic E-state index is 12.9. The summed E-state index contributed by atoms with van der Waals surface area (Å²) in [5.74, 6) is 0.0352. The van der Waals surface area contributed by atoms with E-state index in [2.05, 4.69) is 26.0 Å². The Labute approximate surface area is 184 Å². The third-order valence-corrected chi connectivity index (χ3v) is 5.58. The normalized spacial score (nSPS) is 11.2. The predicted molar refractivity (Wildman–Crippen MR) is 122 cm³/mol. The number of aromatic nitrogens is 1. The molecule has 1 heterocycles. The molecule has 30 heavy (non-hydrogen) atoms. The summed E-state index contributed by atoms with van der Waals surface area (Å²) >= 11 is 3.48. The number of hydrogen-bond donors (Lipinski definition) is 2. The van der Waals surface area contributed by atoms with Crippen LogP contribution in [0.15, 0.2) is 53.0 Å². The smallest absolute Gasteiger partial charge is 0.257 e. The Balaban J connectivity index is 1.89. The summed E-state index contributed by atoms with van der Waals surface area (Å²) in [6.45, 7) is 3.84. The fourth-order valence-electron chi connectivity index (χ4n) is 3.26. The molecular weight excluding hydrogens is 470 g/mol. The van der Waals surface area contributed by atoms with Crippen molar-refractivity contribution in [2.24, 2.45) is 0 Å². The van der Waals surface area contributed by atoms with Crippen LogP contribution in [0.2, 0.25) is 0 Å². The maximum atomic E-state index is 12.9. The first-order valence-electron chi connectivity index (χ1n) is 9.01. The maximum Gasteiger partial charge on any atom is 0.257 e. The van der Waals surface area contributed by atoms with Crippen LogP contribution in [-0.2, 0) is 10.0 Å². The van der Waals surface area contributed by atoms with Crippen molar-refractivity contribution in [2.45, 2.75) is 13.8 Å². The molecule has 0 aliphatic rings. The number of methoxy groups -OCH3 is 1. The molecule has 0 saturated heterocycles. The van der Waals surface area contributed by atoms with Gasteiger partial charge in [0.25, 0.3) is 5.91 Å². The van der Waals surface area contributed by atoms with Crippen molar-refractivity contribution in [3.63, 3.8) is 0 Å². The highest BCUT2D eigenvalue weighted by Gasteiger charge is 2.18. The molecule has 1 amide bonds. The monoisotopic (exact) mass is 491 g/mol. The van der Waals surface area contributed by atoms with Crippen LogP contribution in [0, 0.1) is 13.8 Å². The van der Waals surface area contributed by atoms with Gasteiger partial charge >= 0.3 is 0 Å². The number of carbonyl (C=O) groups excluding carboxylic acids is 1. The van der Waals surface area contributed by atoms with Gasteiger partial charge in [-0.15, -0.1) is 0 Å². The molecule has 2 aromatic carbocycles. The number of aryl methyl sites for hydroxylation is 1. The molecule has 158 valence electrons. The molecule has 0 bridgehead atoms. The summed E-state index contributed by atoms with van der Waals surface area (Å²) in [4.78, 5) is 12.9. The molecular formula is C21H22BrN3O4S. The zero-order chi connectivity index (χ0) is 22.1. The number of rotatable bonds is 6.